The lowest BCUT2D eigenvalue weighted by Gasteiger charge is -2.20. The summed E-state index contributed by atoms with van der Waals surface area (Å²) in [4.78, 5) is 0. The topological polar surface area (TPSA) is 60.6 Å². The van der Waals surface area contributed by atoms with Crippen LogP contribution in [0.5, 0.6) is 0 Å². The minimum atomic E-state index is 0.140. The number of hydrogen-bond donors (Lipinski definition) is 1. The Bertz CT molecular complexity index is 582. The van der Waals surface area contributed by atoms with E-state index in [4.69, 9.17) is 0 Å². The average Bonchev–Trinajstić information content (AvgIpc) is 2.93. The Hall–Kier alpha value is -1.69. The van der Waals surface area contributed by atoms with Crippen molar-refractivity contribution in [2.24, 2.45) is 7.05 Å². The summed E-state index contributed by atoms with van der Waals surface area (Å²) in [7, 11) is 1.96. The highest BCUT2D eigenvalue weighted by Gasteiger charge is 2.20. The number of nitrogens with one attached hydrogen (secondary N) is 1. The van der Waals surface area contributed by atoms with Gasteiger partial charge in [0.2, 0.25) is 0 Å². The fourth-order valence-corrected chi connectivity index (χ4v) is 2.86. The third kappa shape index (κ3) is 2.60. The Labute approximate surface area is 120 Å². The van der Waals surface area contributed by atoms with E-state index in [1.165, 1.54) is 11.3 Å². The summed E-state index contributed by atoms with van der Waals surface area (Å²) in [6.45, 7) is 11.5. The minimum Gasteiger partial charge on any atom is -0.319 e. The molecule has 6 heteroatoms. The first kappa shape index (κ1) is 14.7. The van der Waals surface area contributed by atoms with Crippen LogP contribution in [0.4, 0.5) is 0 Å². The molecule has 0 saturated heterocycles. The highest BCUT2D eigenvalue weighted by atomic mass is 15.3. The quantitative estimate of drug-likeness (QED) is 0.908. The van der Waals surface area contributed by atoms with E-state index in [9.17, 15) is 0 Å². The predicted molar refractivity (Wildman–Crippen MR) is 78.3 cm³/mol. The van der Waals surface area contributed by atoms with Crippen molar-refractivity contribution in [1.82, 2.24) is 29.9 Å². The van der Waals surface area contributed by atoms with Gasteiger partial charge in [-0.1, -0.05) is 0 Å². The van der Waals surface area contributed by atoms with E-state index in [0.717, 1.165) is 18.1 Å². The van der Waals surface area contributed by atoms with Crippen LogP contribution in [0.1, 0.15) is 55.6 Å². The van der Waals surface area contributed by atoms with Gasteiger partial charge in [-0.3, -0.25) is 4.68 Å². The van der Waals surface area contributed by atoms with Crippen molar-refractivity contribution in [2.45, 2.75) is 53.2 Å². The Morgan fingerprint density at radius 1 is 1.25 bits per heavy atom. The molecule has 0 saturated carbocycles. The minimum absolute atomic E-state index is 0.140. The molecule has 1 N–H and O–H groups in total. The molecular weight excluding hydrogens is 252 g/mol. The molecule has 110 valence electrons. The van der Waals surface area contributed by atoms with E-state index in [0.29, 0.717) is 0 Å². The number of nitrogens with zero attached hydrogens (tertiary/aromatic N) is 5. The standard InChI is InChI=1S/C14H24N6/c1-7-20-12(5)13(10(3)18-20)9(2)16-11(4)14-17-15-8-19(14)6/h8-9,11,16H,7H2,1-6H3. The lowest BCUT2D eigenvalue weighted by atomic mass is 10.1. The lowest BCUT2D eigenvalue weighted by molar-refractivity contribution is 0.463. The smallest absolute Gasteiger partial charge is 0.149 e. The van der Waals surface area contributed by atoms with E-state index in [2.05, 4.69) is 59.9 Å². The van der Waals surface area contributed by atoms with Crippen LogP contribution in [0.15, 0.2) is 6.33 Å². The third-order valence-corrected chi connectivity index (χ3v) is 3.80. The summed E-state index contributed by atoms with van der Waals surface area (Å²) in [6, 6.07) is 0.364. The molecule has 0 bridgehead atoms. The number of hydrogen-bond acceptors (Lipinski definition) is 4. The summed E-state index contributed by atoms with van der Waals surface area (Å²) in [6.07, 6.45) is 1.73. The molecule has 0 amide bonds. The summed E-state index contributed by atoms with van der Waals surface area (Å²) >= 11 is 0. The van der Waals surface area contributed by atoms with E-state index < -0.39 is 0 Å². The van der Waals surface area contributed by atoms with Gasteiger partial charge >= 0.3 is 0 Å². The maximum absolute atomic E-state index is 4.58. The summed E-state index contributed by atoms with van der Waals surface area (Å²) < 4.78 is 4.00. The van der Waals surface area contributed by atoms with Gasteiger partial charge in [0.25, 0.3) is 0 Å². The van der Waals surface area contributed by atoms with E-state index >= 15 is 0 Å². The summed E-state index contributed by atoms with van der Waals surface area (Å²) in [5.41, 5.74) is 3.60. The van der Waals surface area contributed by atoms with Crippen LogP contribution in [-0.2, 0) is 13.6 Å². The van der Waals surface area contributed by atoms with Crippen LogP contribution < -0.4 is 5.32 Å². The molecule has 0 fully saturated rings. The highest BCUT2D eigenvalue weighted by molar-refractivity contribution is 5.28. The van der Waals surface area contributed by atoms with Crippen molar-refractivity contribution in [1.29, 1.82) is 0 Å². The van der Waals surface area contributed by atoms with E-state index in [-0.39, 0.29) is 12.1 Å². The first-order valence-corrected chi connectivity index (χ1v) is 7.09. The zero-order valence-electron chi connectivity index (χ0n) is 13.2. The van der Waals surface area contributed by atoms with Crippen molar-refractivity contribution in [2.75, 3.05) is 0 Å². The molecule has 20 heavy (non-hydrogen) atoms. The Morgan fingerprint density at radius 3 is 2.45 bits per heavy atom. The summed E-state index contributed by atoms with van der Waals surface area (Å²) in [5, 5.41) is 16.3. The fraction of sp³-hybridized carbons (Fsp3) is 0.643. The molecule has 0 aliphatic carbocycles. The number of aryl methyl sites for hydroxylation is 3. The van der Waals surface area contributed by atoms with Gasteiger partial charge in [0.05, 0.1) is 11.7 Å². The molecule has 2 atom stereocenters. The van der Waals surface area contributed by atoms with Gasteiger partial charge in [-0.15, -0.1) is 10.2 Å². The van der Waals surface area contributed by atoms with Gasteiger partial charge in [-0.2, -0.15) is 5.10 Å². The maximum atomic E-state index is 4.58. The lowest BCUT2D eigenvalue weighted by Crippen LogP contribution is -2.25. The Morgan fingerprint density at radius 2 is 1.95 bits per heavy atom. The molecular formula is C14H24N6. The molecule has 0 aromatic carbocycles. The first-order valence-electron chi connectivity index (χ1n) is 7.09. The Balaban J connectivity index is 2.18. The molecule has 2 aromatic heterocycles. The van der Waals surface area contributed by atoms with Crippen molar-refractivity contribution in [3.63, 3.8) is 0 Å². The second-order valence-corrected chi connectivity index (χ2v) is 5.31. The second-order valence-electron chi connectivity index (χ2n) is 5.31. The van der Waals surface area contributed by atoms with Gasteiger partial charge in [-0.25, -0.2) is 0 Å². The summed E-state index contributed by atoms with van der Waals surface area (Å²) in [5.74, 6) is 0.940. The zero-order valence-corrected chi connectivity index (χ0v) is 13.2. The van der Waals surface area contributed by atoms with Crippen LogP contribution in [0.2, 0.25) is 0 Å². The van der Waals surface area contributed by atoms with E-state index in [1.54, 1.807) is 6.33 Å². The largest absolute Gasteiger partial charge is 0.319 e. The molecule has 2 rings (SSSR count). The molecule has 2 heterocycles. The number of aromatic nitrogens is 5. The zero-order chi connectivity index (χ0) is 14.9. The maximum Gasteiger partial charge on any atom is 0.149 e. The van der Waals surface area contributed by atoms with Crippen molar-refractivity contribution >= 4 is 0 Å². The van der Waals surface area contributed by atoms with Crippen molar-refractivity contribution in [3.8, 4) is 0 Å². The van der Waals surface area contributed by atoms with Gasteiger partial charge in [0, 0.05) is 30.9 Å². The normalized spacial score (nSPS) is 14.5. The van der Waals surface area contributed by atoms with Crippen LogP contribution >= 0.6 is 0 Å². The molecule has 0 aliphatic rings. The first-order chi connectivity index (χ1) is 9.45. The Kier molecular flexibility index (Phi) is 4.23. The van der Waals surface area contributed by atoms with Crippen LogP contribution in [0.25, 0.3) is 0 Å². The second kappa shape index (κ2) is 5.75. The van der Waals surface area contributed by atoms with Gasteiger partial charge in [0.15, 0.2) is 0 Å². The van der Waals surface area contributed by atoms with Gasteiger partial charge in [0.1, 0.15) is 12.2 Å². The predicted octanol–water partition coefficient (Wildman–Crippen LogP) is 2.06. The monoisotopic (exact) mass is 276 g/mol. The molecule has 6 nitrogen and oxygen atoms in total. The van der Waals surface area contributed by atoms with Crippen LogP contribution in [0, 0.1) is 13.8 Å². The van der Waals surface area contributed by atoms with E-state index in [1.807, 2.05) is 11.6 Å². The van der Waals surface area contributed by atoms with Crippen LogP contribution in [-0.4, -0.2) is 24.5 Å². The average molecular weight is 276 g/mol. The SMILES string of the molecule is CCn1nc(C)c(C(C)NC(C)c2nncn2C)c1C. The van der Waals surface area contributed by atoms with Crippen LogP contribution in [0.3, 0.4) is 0 Å². The molecule has 2 aromatic rings. The molecule has 0 radical (unpaired) electrons. The molecule has 0 aliphatic heterocycles. The van der Waals surface area contributed by atoms with Crippen molar-refractivity contribution in [3.05, 3.63) is 29.1 Å². The van der Waals surface area contributed by atoms with Gasteiger partial charge in [-0.05, 0) is 34.6 Å². The fourth-order valence-electron chi connectivity index (χ4n) is 2.86. The number of rotatable bonds is 5. The molecule has 0 spiro atoms. The highest BCUT2D eigenvalue weighted by Crippen LogP contribution is 2.24. The molecule has 2 unspecified atom stereocenters. The van der Waals surface area contributed by atoms with Crippen molar-refractivity contribution < 1.29 is 0 Å². The third-order valence-electron chi connectivity index (χ3n) is 3.80. The van der Waals surface area contributed by atoms with Gasteiger partial charge < -0.3 is 9.88 Å².